The molecule has 1 rings (SSSR count). The van der Waals surface area contributed by atoms with E-state index in [1.165, 1.54) is 56.9 Å². The van der Waals surface area contributed by atoms with Crippen molar-refractivity contribution < 1.29 is 9.59 Å². The second-order valence-electron chi connectivity index (χ2n) is 4.77. The van der Waals surface area contributed by atoms with Gasteiger partial charge in [0, 0.05) is 31.1 Å². The molecule has 19 heavy (non-hydrogen) atoms. The summed E-state index contributed by atoms with van der Waals surface area (Å²) in [6, 6.07) is 0. The zero-order valence-corrected chi connectivity index (χ0v) is 11.7. The third kappa shape index (κ3) is 6.22. The number of imide groups is 1. The number of hydrogen-bond acceptors (Lipinski definition) is 3. The molecule has 4 heteroatoms. The van der Waals surface area contributed by atoms with Crippen LogP contribution in [0.15, 0.2) is 24.6 Å². The molecule has 0 aliphatic carbocycles. The highest BCUT2D eigenvalue weighted by atomic mass is 16.2. The number of carbonyl (C=O) groups is 2. The molecule has 0 radical (unpaired) electrons. The predicted molar refractivity (Wildman–Crippen MR) is 76.1 cm³/mol. The van der Waals surface area contributed by atoms with Gasteiger partial charge in [-0.1, -0.05) is 45.4 Å². The van der Waals surface area contributed by atoms with Crippen LogP contribution in [0.1, 0.15) is 51.9 Å². The smallest absolute Gasteiger partial charge is 0.257 e. The quantitative estimate of drug-likeness (QED) is 0.487. The highest BCUT2D eigenvalue weighted by molar-refractivity contribution is 6.13. The summed E-state index contributed by atoms with van der Waals surface area (Å²) in [6.07, 6.45) is 14.7. The van der Waals surface area contributed by atoms with Crippen LogP contribution in [0.2, 0.25) is 0 Å². The summed E-state index contributed by atoms with van der Waals surface area (Å²) < 4.78 is 0. The topological polar surface area (TPSA) is 49.4 Å². The van der Waals surface area contributed by atoms with Crippen molar-refractivity contribution in [3.05, 3.63) is 24.6 Å². The minimum atomic E-state index is -0.279. The van der Waals surface area contributed by atoms with Crippen molar-refractivity contribution >= 4 is 11.8 Å². The molecule has 0 bridgehead atoms. The molecule has 0 spiro atoms. The molecular formula is C15H24N2O2. The third-order valence-electron chi connectivity index (χ3n) is 3.11. The molecule has 1 aliphatic heterocycles. The summed E-state index contributed by atoms with van der Waals surface area (Å²) in [6.45, 7) is 3.11. The second-order valence-corrected chi connectivity index (χ2v) is 4.77. The van der Waals surface area contributed by atoms with Gasteiger partial charge in [-0.25, -0.2) is 4.90 Å². The fourth-order valence-corrected chi connectivity index (χ4v) is 1.95. The van der Waals surface area contributed by atoms with E-state index in [2.05, 4.69) is 12.2 Å². The normalized spacial score (nSPS) is 14.9. The average Bonchev–Trinajstić information content (AvgIpc) is 2.72. The zero-order valence-electron chi connectivity index (χ0n) is 11.7. The average molecular weight is 264 g/mol. The Labute approximate surface area is 115 Å². The van der Waals surface area contributed by atoms with Crippen molar-refractivity contribution in [2.75, 3.05) is 6.54 Å². The molecule has 0 saturated heterocycles. The van der Waals surface area contributed by atoms with E-state index in [0.717, 1.165) is 17.9 Å². The molecule has 0 saturated carbocycles. The van der Waals surface area contributed by atoms with Gasteiger partial charge in [0.05, 0.1) is 0 Å². The lowest BCUT2D eigenvalue weighted by Crippen LogP contribution is -2.24. The van der Waals surface area contributed by atoms with E-state index < -0.39 is 0 Å². The molecule has 0 fully saturated rings. The molecule has 2 amide bonds. The number of amides is 2. The van der Waals surface area contributed by atoms with Gasteiger partial charge in [-0.05, 0) is 6.42 Å². The molecule has 0 unspecified atom stereocenters. The van der Waals surface area contributed by atoms with Crippen LogP contribution < -0.4 is 5.32 Å². The van der Waals surface area contributed by atoms with Crippen LogP contribution in [0.5, 0.6) is 0 Å². The van der Waals surface area contributed by atoms with E-state index in [9.17, 15) is 9.59 Å². The van der Waals surface area contributed by atoms with Gasteiger partial charge in [0.2, 0.25) is 0 Å². The Kier molecular flexibility index (Phi) is 7.63. The van der Waals surface area contributed by atoms with Crippen LogP contribution in [0.4, 0.5) is 0 Å². The van der Waals surface area contributed by atoms with E-state index in [1.807, 2.05) is 0 Å². The highest BCUT2D eigenvalue weighted by Crippen LogP contribution is 2.06. The Morgan fingerprint density at radius 3 is 2.21 bits per heavy atom. The van der Waals surface area contributed by atoms with Crippen LogP contribution in [-0.2, 0) is 9.59 Å². The molecule has 0 aromatic heterocycles. The maximum Gasteiger partial charge on any atom is 0.257 e. The molecule has 106 valence electrons. The molecular weight excluding hydrogens is 240 g/mol. The summed E-state index contributed by atoms with van der Waals surface area (Å²) in [4.78, 5) is 23.5. The fourth-order valence-electron chi connectivity index (χ4n) is 1.95. The lowest BCUT2D eigenvalue weighted by molar-refractivity contribution is -0.133. The molecule has 0 atom stereocenters. The van der Waals surface area contributed by atoms with Gasteiger partial charge in [0.1, 0.15) is 0 Å². The van der Waals surface area contributed by atoms with Crippen LogP contribution in [0, 0.1) is 0 Å². The Balaban J connectivity index is 1.96. The van der Waals surface area contributed by atoms with Crippen LogP contribution in [0.3, 0.4) is 0 Å². The van der Waals surface area contributed by atoms with E-state index in [0.29, 0.717) is 0 Å². The summed E-state index contributed by atoms with van der Waals surface area (Å²) in [7, 11) is 0. The Morgan fingerprint density at radius 2 is 1.58 bits per heavy atom. The fraction of sp³-hybridized carbons (Fsp3) is 0.600. The number of nitrogens with one attached hydrogen (secondary N) is 1. The lowest BCUT2D eigenvalue weighted by atomic mass is 10.1. The molecule has 0 aromatic carbocycles. The predicted octanol–water partition coefficient (Wildman–Crippen LogP) is 2.72. The molecule has 1 N–H and O–H groups in total. The number of unbranched alkanes of at least 4 members (excludes halogenated alkanes) is 6. The Hall–Kier alpha value is -1.58. The van der Waals surface area contributed by atoms with Gasteiger partial charge < -0.3 is 5.32 Å². The minimum absolute atomic E-state index is 0.279. The first-order valence-corrected chi connectivity index (χ1v) is 7.21. The van der Waals surface area contributed by atoms with Crippen molar-refractivity contribution in [1.29, 1.82) is 0 Å². The third-order valence-corrected chi connectivity index (χ3v) is 3.11. The molecule has 1 aliphatic rings. The summed E-state index contributed by atoms with van der Waals surface area (Å²) in [5, 5.41) is 3.10. The van der Waals surface area contributed by atoms with Crippen molar-refractivity contribution in [3.63, 3.8) is 0 Å². The Bertz CT molecular complexity index is 330. The van der Waals surface area contributed by atoms with Crippen molar-refractivity contribution in [2.45, 2.75) is 51.9 Å². The van der Waals surface area contributed by atoms with Gasteiger partial charge in [-0.2, -0.15) is 0 Å². The van der Waals surface area contributed by atoms with Gasteiger partial charge in [-0.15, -0.1) is 0 Å². The summed E-state index contributed by atoms with van der Waals surface area (Å²) in [5.41, 5.74) is 0. The minimum Gasteiger partial charge on any atom is -0.390 e. The monoisotopic (exact) mass is 264 g/mol. The van der Waals surface area contributed by atoms with E-state index in [4.69, 9.17) is 0 Å². The number of carbonyl (C=O) groups excluding carboxylic acids is 2. The van der Waals surface area contributed by atoms with Crippen LogP contribution in [-0.4, -0.2) is 23.3 Å². The largest absolute Gasteiger partial charge is 0.390 e. The lowest BCUT2D eigenvalue weighted by Gasteiger charge is -2.07. The van der Waals surface area contributed by atoms with E-state index in [-0.39, 0.29) is 11.8 Å². The molecule has 1 heterocycles. The first kappa shape index (κ1) is 15.5. The van der Waals surface area contributed by atoms with Crippen molar-refractivity contribution in [1.82, 2.24) is 10.2 Å². The maximum absolute atomic E-state index is 11.2. The van der Waals surface area contributed by atoms with Gasteiger partial charge in [-0.3, -0.25) is 9.59 Å². The number of nitrogens with zero attached hydrogens (tertiary/aromatic N) is 1. The van der Waals surface area contributed by atoms with Crippen LogP contribution >= 0.6 is 0 Å². The highest BCUT2D eigenvalue weighted by Gasteiger charge is 2.20. The number of rotatable bonds is 10. The second kappa shape index (κ2) is 9.36. The van der Waals surface area contributed by atoms with Crippen molar-refractivity contribution in [3.8, 4) is 0 Å². The molecule has 4 nitrogen and oxygen atoms in total. The summed E-state index contributed by atoms with van der Waals surface area (Å²) in [5.74, 6) is -0.557. The zero-order chi connectivity index (χ0) is 13.9. The SMILES string of the molecule is CCCCCCCCCNC=CN1C(=O)C=CC1=O. The standard InChI is InChI=1S/C15H24N2O2/c1-2-3-4-5-6-7-8-11-16-12-13-17-14(18)9-10-15(17)19/h9-10,12-13,16H,2-8,11H2,1H3. The Morgan fingerprint density at radius 1 is 1.00 bits per heavy atom. The maximum atomic E-state index is 11.2. The van der Waals surface area contributed by atoms with E-state index >= 15 is 0 Å². The van der Waals surface area contributed by atoms with Gasteiger partial charge >= 0.3 is 0 Å². The first-order valence-electron chi connectivity index (χ1n) is 7.21. The van der Waals surface area contributed by atoms with Gasteiger partial charge in [0.25, 0.3) is 11.8 Å². The first-order chi connectivity index (χ1) is 9.25. The van der Waals surface area contributed by atoms with E-state index in [1.54, 1.807) is 6.20 Å². The van der Waals surface area contributed by atoms with Crippen molar-refractivity contribution in [2.24, 2.45) is 0 Å². The summed E-state index contributed by atoms with van der Waals surface area (Å²) >= 11 is 0. The molecule has 0 aromatic rings. The number of hydrogen-bond donors (Lipinski definition) is 1. The van der Waals surface area contributed by atoms with Crippen LogP contribution in [0.25, 0.3) is 0 Å². The van der Waals surface area contributed by atoms with Gasteiger partial charge in [0.15, 0.2) is 0 Å².